The minimum absolute atomic E-state index is 0.0222. The summed E-state index contributed by atoms with van der Waals surface area (Å²) < 4.78 is 4.13. The summed E-state index contributed by atoms with van der Waals surface area (Å²) in [6, 6.07) is 21.1. The van der Waals surface area contributed by atoms with Crippen LogP contribution in [0.15, 0.2) is 72.9 Å². The highest BCUT2D eigenvalue weighted by molar-refractivity contribution is 5.49. The van der Waals surface area contributed by atoms with Gasteiger partial charge in [-0.2, -0.15) is 4.68 Å². The van der Waals surface area contributed by atoms with Crippen molar-refractivity contribution in [3.63, 3.8) is 0 Å². The molecule has 0 aliphatic carbocycles. The van der Waals surface area contributed by atoms with Crippen LogP contribution >= 0.6 is 0 Å². The van der Waals surface area contributed by atoms with Crippen molar-refractivity contribution in [3.8, 4) is 5.69 Å². The van der Waals surface area contributed by atoms with Crippen molar-refractivity contribution in [1.82, 2.24) is 34.6 Å². The summed E-state index contributed by atoms with van der Waals surface area (Å²) in [6.07, 6.45) is 6.57. The summed E-state index contributed by atoms with van der Waals surface area (Å²) in [5.41, 5.74) is 5.84. The van der Waals surface area contributed by atoms with E-state index in [4.69, 9.17) is 0 Å². The first-order valence-corrected chi connectivity index (χ1v) is 12.3. The zero-order valence-electron chi connectivity index (χ0n) is 20.7. The molecule has 5 rings (SSSR count). The quantitative estimate of drug-likeness (QED) is 0.411. The molecular formula is C28H33N7. The molecule has 2 aromatic heterocycles. The first kappa shape index (κ1) is 23.2. The van der Waals surface area contributed by atoms with Crippen molar-refractivity contribution in [1.29, 1.82) is 0 Å². The molecule has 4 aromatic rings. The van der Waals surface area contributed by atoms with E-state index >= 15 is 0 Å². The molecule has 1 aliphatic heterocycles. The average molecular weight is 468 g/mol. The number of hydrogen-bond acceptors (Lipinski definition) is 5. The monoisotopic (exact) mass is 467 g/mol. The number of rotatable bonds is 7. The number of para-hydroxylation sites is 1. The van der Waals surface area contributed by atoms with Gasteiger partial charge in [-0.05, 0) is 53.1 Å². The van der Waals surface area contributed by atoms with Crippen LogP contribution < -0.4 is 0 Å². The molecule has 0 saturated carbocycles. The van der Waals surface area contributed by atoms with Crippen molar-refractivity contribution >= 4 is 6.08 Å². The van der Waals surface area contributed by atoms with E-state index < -0.39 is 0 Å². The number of tetrazole rings is 1. The van der Waals surface area contributed by atoms with Gasteiger partial charge < -0.3 is 4.57 Å². The first-order valence-electron chi connectivity index (χ1n) is 12.3. The largest absolute Gasteiger partial charge is 0.353 e. The highest BCUT2D eigenvalue weighted by Gasteiger charge is 2.32. The predicted octanol–water partition coefficient (Wildman–Crippen LogP) is 4.04. The van der Waals surface area contributed by atoms with Gasteiger partial charge in [-0.25, -0.2) is 0 Å². The van der Waals surface area contributed by atoms with Crippen molar-refractivity contribution in [2.24, 2.45) is 7.05 Å². The summed E-state index contributed by atoms with van der Waals surface area (Å²) in [5.74, 6) is 0.863. The van der Waals surface area contributed by atoms with Crippen LogP contribution in [0.1, 0.15) is 34.3 Å². The van der Waals surface area contributed by atoms with Gasteiger partial charge in [-0.1, -0.05) is 60.7 Å². The van der Waals surface area contributed by atoms with Gasteiger partial charge >= 0.3 is 0 Å². The summed E-state index contributed by atoms with van der Waals surface area (Å²) in [5, 5.41) is 13.1. The Labute approximate surface area is 207 Å². The van der Waals surface area contributed by atoms with Crippen LogP contribution in [0.2, 0.25) is 0 Å². The van der Waals surface area contributed by atoms with Gasteiger partial charge in [0.2, 0.25) is 0 Å². The maximum Gasteiger partial charge on any atom is 0.179 e. The van der Waals surface area contributed by atoms with Crippen LogP contribution in [-0.2, 0) is 7.05 Å². The molecular weight excluding hydrogens is 434 g/mol. The Hall–Kier alpha value is -3.55. The zero-order chi connectivity index (χ0) is 24.2. The fourth-order valence-corrected chi connectivity index (χ4v) is 5.01. The van der Waals surface area contributed by atoms with Crippen LogP contribution in [0.3, 0.4) is 0 Å². The van der Waals surface area contributed by atoms with E-state index in [0.29, 0.717) is 0 Å². The van der Waals surface area contributed by atoms with Crippen LogP contribution in [0, 0.1) is 13.8 Å². The lowest BCUT2D eigenvalue weighted by Gasteiger charge is -2.38. The molecule has 3 heterocycles. The number of hydrogen-bond donors (Lipinski definition) is 0. The lowest BCUT2D eigenvalue weighted by Crippen LogP contribution is -2.48. The maximum atomic E-state index is 4.57. The first-order chi connectivity index (χ1) is 17.1. The molecule has 1 aliphatic rings. The topological polar surface area (TPSA) is 55.0 Å². The van der Waals surface area contributed by atoms with E-state index in [1.165, 1.54) is 22.4 Å². The average Bonchev–Trinajstić information content (AvgIpc) is 3.51. The third-order valence-electron chi connectivity index (χ3n) is 6.90. The summed E-state index contributed by atoms with van der Waals surface area (Å²) in [7, 11) is 2.10. The van der Waals surface area contributed by atoms with Gasteiger partial charge in [-0.3, -0.25) is 9.80 Å². The van der Waals surface area contributed by atoms with E-state index in [1.807, 2.05) is 4.68 Å². The Morgan fingerprint density at radius 2 is 1.63 bits per heavy atom. The summed E-state index contributed by atoms with van der Waals surface area (Å²) in [6.45, 7) is 9.11. The van der Waals surface area contributed by atoms with Crippen molar-refractivity contribution in [3.05, 3.63) is 101 Å². The number of benzene rings is 2. The molecule has 0 radical (unpaired) electrons. The smallest absolute Gasteiger partial charge is 0.179 e. The second kappa shape index (κ2) is 10.4. The highest BCUT2D eigenvalue weighted by Crippen LogP contribution is 2.30. The van der Waals surface area contributed by atoms with Gasteiger partial charge in [0.25, 0.3) is 0 Å². The van der Waals surface area contributed by atoms with E-state index in [0.717, 1.165) is 44.2 Å². The number of aromatic nitrogens is 5. The third kappa shape index (κ3) is 4.97. The van der Waals surface area contributed by atoms with E-state index in [-0.39, 0.29) is 6.04 Å². The molecule has 0 bridgehead atoms. The number of aryl methyl sites for hydroxylation is 3. The van der Waals surface area contributed by atoms with Gasteiger partial charge in [0, 0.05) is 51.7 Å². The zero-order valence-corrected chi connectivity index (χ0v) is 20.7. The lowest BCUT2D eigenvalue weighted by molar-refractivity contribution is 0.111. The minimum atomic E-state index is -0.0222. The van der Waals surface area contributed by atoms with E-state index in [1.54, 1.807) is 0 Å². The van der Waals surface area contributed by atoms with Gasteiger partial charge in [0.1, 0.15) is 6.04 Å². The Kier molecular flexibility index (Phi) is 6.88. The standard InChI is InChI=1S/C28H33N7/c1-22-10-7-11-23(2)26(22)35-28(29-30-31-35)27(25-15-9-16-32(25)3)34-20-18-33(19-21-34)17-8-14-24-12-5-4-6-13-24/h4-16,27H,17-21H2,1-3H3/b14-8+/t27-/m0/s1. The number of piperazine rings is 1. The van der Waals surface area contributed by atoms with Gasteiger partial charge in [0.15, 0.2) is 5.82 Å². The Bertz CT molecular complexity index is 1260. The second-order valence-electron chi connectivity index (χ2n) is 9.29. The van der Waals surface area contributed by atoms with E-state index in [9.17, 15) is 0 Å². The van der Waals surface area contributed by atoms with Gasteiger partial charge in [0.05, 0.1) is 5.69 Å². The molecule has 0 spiro atoms. The molecule has 0 unspecified atom stereocenters. The van der Waals surface area contributed by atoms with Gasteiger partial charge in [-0.15, -0.1) is 5.10 Å². The molecule has 180 valence electrons. The highest BCUT2D eigenvalue weighted by atomic mass is 15.6. The molecule has 35 heavy (non-hydrogen) atoms. The van der Waals surface area contributed by atoms with Crippen molar-refractivity contribution < 1.29 is 0 Å². The molecule has 0 amide bonds. The van der Waals surface area contributed by atoms with Crippen LogP contribution in [0.25, 0.3) is 11.8 Å². The molecule has 2 aromatic carbocycles. The van der Waals surface area contributed by atoms with E-state index in [2.05, 4.69) is 130 Å². The lowest BCUT2D eigenvalue weighted by atomic mass is 10.1. The Balaban J connectivity index is 1.38. The molecule has 1 saturated heterocycles. The maximum absolute atomic E-state index is 4.57. The normalized spacial score (nSPS) is 16.2. The van der Waals surface area contributed by atoms with Crippen LogP contribution in [0.5, 0.6) is 0 Å². The SMILES string of the molecule is Cc1cccc(C)c1-n1nnnc1[C@H](c1cccn1C)N1CCN(C/C=C/c2ccccc2)CC1. The Morgan fingerprint density at radius 3 is 2.31 bits per heavy atom. The fraction of sp³-hybridized carbons (Fsp3) is 0.321. The van der Waals surface area contributed by atoms with Crippen molar-refractivity contribution in [2.75, 3.05) is 32.7 Å². The third-order valence-corrected chi connectivity index (χ3v) is 6.90. The van der Waals surface area contributed by atoms with Crippen molar-refractivity contribution in [2.45, 2.75) is 19.9 Å². The Morgan fingerprint density at radius 1 is 0.886 bits per heavy atom. The summed E-state index contributed by atoms with van der Waals surface area (Å²) in [4.78, 5) is 5.02. The predicted molar refractivity (Wildman–Crippen MR) is 139 cm³/mol. The molecule has 1 fully saturated rings. The molecule has 1 atom stereocenters. The molecule has 7 heteroatoms. The second-order valence-corrected chi connectivity index (χ2v) is 9.29. The minimum Gasteiger partial charge on any atom is -0.353 e. The molecule has 7 nitrogen and oxygen atoms in total. The summed E-state index contributed by atoms with van der Waals surface area (Å²) >= 11 is 0. The van der Waals surface area contributed by atoms with Crippen LogP contribution in [-0.4, -0.2) is 67.3 Å². The molecule has 0 N–H and O–H groups in total. The van der Waals surface area contributed by atoms with Crippen LogP contribution in [0.4, 0.5) is 0 Å². The fourth-order valence-electron chi connectivity index (χ4n) is 5.01. The number of nitrogens with zero attached hydrogens (tertiary/aromatic N) is 7.